The molecule has 0 radical (unpaired) electrons. The van der Waals surface area contributed by atoms with Crippen LogP contribution in [0.4, 0.5) is 0 Å². The molecule has 0 saturated heterocycles. The van der Waals surface area contributed by atoms with E-state index >= 15 is 0 Å². The molecule has 0 unspecified atom stereocenters. The van der Waals surface area contributed by atoms with Crippen molar-refractivity contribution in [2.24, 2.45) is 7.05 Å². The van der Waals surface area contributed by atoms with Crippen molar-refractivity contribution in [2.75, 3.05) is 6.54 Å². The minimum atomic E-state index is -0.176. The smallest absolute Gasteiger partial charge is 0.220 e. The summed E-state index contributed by atoms with van der Waals surface area (Å²) in [4.78, 5) is 12.3. The number of hydrogen-bond acceptors (Lipinski definition) is 4. The summed E-state index contributed by atoms with van der Waals surface area (Å²) < 4.78 is 2.38. The van der Waals surface area contributed by atoms with Crippen molar-refractivity contribution in [1.29, 1.82) is 0 Å². The fourth-order valence-corrected chi connectivity index (χ4v) is 3.40. The summed E-state index contributed by atoms with van der Waals surface area (Å²) in [6.07, 6.45) is 1.65. The van der Waals surface area contributed by atoms with Crippen LogP contribution in [0.1, 0.15) is 70.5 Å². The molecule has 0 bridgehead atoms. The second-order valence-electron chi connectivity index (χ2n) is 9.64. The quantitative estimate of drug-likeness (QED) is 0.618. The van der Waals surface area contributed by atoms with E-state index in [1.807, 2.05) is 19.2 Å². The van der Waals surface area contributed by atoms with Crippen molar-refractivity contribution in [1.82, 2.24) is 20.1 Å². The SMILES string of the molecule is Cn1c(CCNC(=O)CCc2cc(C(C)(C)C)c(O)c(C(C)(C)C)c2)n[nH]c1=S. The molecule has 0 fully saturated rings. The Morgan fingerprint density at radius 3 is 2.14 bits per heavy atom. The van der Waals surface area contributed by atoms with Crippen LogP contribution in [0.15, 0.2) is 12.1 Å². The van der Waals surface area contributed by atoms with Gasteiger partial charge in [0.25, 0.3) is 0 Å². The third-order valence-electron chi connectivity index (χ3n) is 5.07. The van der Waals surface area contributed by atoms with Crippen LogP contribution in [0.3, 0.4) is 0 Å². The summed E-state index contributed by atoms with van der Waals surface area (Å²) in [7, 11) is 1.85. The number of aromatic amines is 1. The van der Waals surface area contributed by atoms with E-state index in [-0.39, 0.29) is 16.7 Å². The molecule has 29 heavy (non-hydrogen) atoms. The standard InChI is InChI=1S/C22H34N4O2S/c1-21(2,3)15-12-14(13-16(19(15)28)22(4,5)6)8-9-18(27)23-11-10-17-24-25-20(29)26(17)7/h12-13,28H,8-11H2,1-7H3,(H,23,27)(H,25,29). The fourth-order valence-electron chi connectivity index (χ4n) is 3.25. The Labute approximate surface area is 178 Å². The summed E-state index contributed by atoms with van der Waals surface area (Å²) in [6, 6.07) is 4.07. The lowest BCUT2D eigenvalue weighted by atomic mass is 9.78. The summed E-state index contributed by atoms with van der Waals surface area (Å²) in [5.41, 5.74) is 2.56. The first-order chi connectivity index (χ1) is 13.3. The van der Waals surface area contributed by atoms with Crippen LogP contribution in [-0.2, 0) is 35.5 Å². The maximum atomic E-state index is 12.3. The number of phenols is 1. The summed E-state index contributed by atoms with van der Waals surface area (Å²) in [5, 5.41) is 20.7. The van der Waals surface area contributed by atoms with Crippen molar-refractivity contribution in [2.45, 2.75) is 71.6 Å². The van der Waals surface area contributed by atoms with Crippen LogP contribution in [-0.4, -0.2) is 32.3 Å². The number of nitrogens with one attached hydrogen (secondary N) is 2. The molecule has 0 aliphatic carbocycles. The van der Waals surface area contributed by atoms with E-state index < -0.39 is 0 Å². The second kappa shape index (κ2) is 8.69. The van der Waals surface area contributed by atoms with Gasteiger partial charge in [-0.3, -0.25) is 9.89 Å². The first-order valence-corrected chi connectivity index (χ1v) is 10.5. The van der Waals surface area contributed by atoms with Gasteiger partial charge in [-0.25, -0.2) is 0 Å². The molecule has 2 aromatic rings. The molecule has 3 N–H and O–H groups in total. The predicted molar refractivity (Wildman–Crippen MR) is 119 cm³/mol. The average molecular weight is 419 g/mol. The molecule has 7 heteroatoms. The van der Waals surface area contributed by atoms with E-state index in [0.29, 0.717) is 36.3 Å². The molecule has 0 aliphatic rings. The van der Waals surface area contributed by atoms with Gasteiger partial charge in [-0.2, -0.15) is 5.10 Å². The zero-order chi connectivity index (χ0) is 22.0. The molecular formula is C22H34N4O2S. The highest BCUT2D eigenvalue weighted by molar-refractivity contribution is 7.71. The Hall–Kier alpha value is -2.15. The number of phenolic OH excluding ortho intramolecular Hbond substituents is 1. The number of aromatic hydroxyl groups is 1. The minimum absolute atomic E-state index is 0.00415. The Bertz CT molecular complexity index is 895. The molecule has 1 heterocycles. The largest absolute Gasteiger partial charge is 0.507 e. The van der Waals surface area contributed by atoms with Crippen LogP contribution in [0.25, 0.3) is 0 Å². The van der Waals surface area contributed by atoms with Crippen molar-refractivity contribution >= 4 is 18.1 Å². The van der Waals surface area contributed by atoms with E-state index in [2.05, 4.69) is 57.1 Å². The summed E-state index contributed by atoms with van der Waals surface area (Å²) >= 11 is 5.09. The van der Waals surface area contributed by atoms with Gasteiger partial charge in [0.15, 0.2) is 4.77 Å². The topological polar surface area (TPSA) is 82.9 Å². The third-order valence-corrected chi connectivity index (χ3v) is 5.43. The van der Waals surface area contributed by atoms with Crippen molar-refractivity contribution in [3.8, 4) is 5.75 Å². The molecule has 2 rings (SSSR count). The van der Waals surface area contributed by atoms with E-state index in [1.54, 1.807) is 4.57 Å². The lowest BCUT2D eigenvalue weighted by Gasteiger charge is -2.28. The van der Waals surface area contributed by atoms with Gasteiger partial charge in [0, 0.05) is 26.4 Å². The summed E-state index contributed by atoms with van der Waals surface area (Å²) in [5.74, 6) is 1.19. The highest BCUT2D eigenvalue weighted by atomic mass is 32.1. The van der Waals surface area contributed by atoms with Gasteiger partial charge in [-0.05, 0) is 46.2 Å². The number of H-pyrrole nitrogens is 1. The van der Waals surface area contributed by atoms with Gasteiger partial charge in [0.05, 0.1) is 0 Å². The molecule has 1 aromatic carbocycles. The molecule has 6 nitrogen and oxygen atoms in total. The zero-order valence-corrected chi connectivity index (χ0v) is 19.5. The number of rotatable bonds is 6. The van der Waals surface area contributed by atoms with Crippen LogP contribution in [0.5, 0.6) is 5.75 Å². The molecule has 1 aromatic heterocycles. The number of carbonyl (C=O) groups excluding carboxylic acids is 1. The van der Waals surface area contributed by atoms with Crippen LogP contribution >= 0.6 is 12.2 Å². The van der Waals surface area contributed by atoms with Crippen LogP contribution < -0.4 is 5.32 Å². The first kappa shape index (κ1) is 23.1. The highest BCUT2D eigenvalue weighted by Gasteiger charge is 2.26. The molecule has 0 aliphatic heterocycles. The van der Waals surface area contributed by atoms with Crippen molar-refractivity contribution in [3.63, 3.8) is 0 Å². The first-order valence-electron chi connectivity index (χ1n) is 10.0. The number of aromatic nitrogens is 3. The number of nitrogens with zero attached hydrogens (tertiary/aromatic N) is 2. The average Bonchev–Trinajstić information content (AvgIpc) is 2.91. The lowest BCUT2D eigenvalue weighted by Crippen LogP contribution is -2.26. The maximum absolute atomic E-state index is 12.3. The van der Waals surface area contributed by atoms with Crippen molar-refractivity contribution in [3.05, 3.63) is 39.4 Å². The Morgan fingerprint density at radius 2 is 1.69 bits per heavy atom. The van der Waals surface area contributed by atoms with Gasteiger partial charge in [0.1, 0.15) is 11.6 Å². The van der Waals surface area contributed by atoms with Gasteiger partial charge in [-0.1, -0.05) is 53.7 Å². The molecule has 0 saturated carbocycles. The lowest BCUT2D eigenvalue weighted by molar-refractivity contribution is -0.121. The zero-order valence-electron chi connectivity index (χ0n) is 18.6. The van der Waals surface area contributed by atoms with Crippen LogP contribution in [0.2, 0.25) is 0 Å². The van der Waals surface area contributed by atoms with Gasteiger partial charge in [-0.15, -0.1) is 0 Å². The fraction of sp³-hybridized carbons (Fsp3) is 0.591. The number of benzene rings is 1. The van der Waals surface area contributed by atoms with E-state index in [4.69, 9.17) is 12.2 Å². The molecule has 1 amide bonds. The number of carbonyl (C=O) groups is 1. The second-order valence-corrected chi connectivity index (χ2v) is 10.0. The minimum Gasteiger partial charge on any atom is -0.507 e. The highest BCUT2D eigenvalue weighted by Crippen LogP contribution is 2.39. The molecular weight excluding hydrogens is 384 g/mol. The van der Waals surface area contributed by atoms with Gasteiger partial charge in [0.2, 0.25) is 5.91 Å². The molecule has 0 spiro atoms. The molecule has 160 valence electrons. The Kier molecular flexibility index (Phi) is 6.93. The normalized spacial score (nSPS) is 12.2. The predicted octanol–water partition coefficient (Wildman–Crippen LogP) is 4.07. The number of hydrogen-bond donors (Lipinski definition) is 3. The Morgan fingerprint density at radius 1 is 1.14 bits per heavy atom. The number of amides is 1. The third kappa shape index (κ3) is 5.92. The van der Waals surface area contributed by atoms with E-state index in [1.165, 1.54) is 0 Å². The Balaban J connectivity index is 2.04. The van der Waals surface area contributed by atoms with E-state index in [9.17, 15) is 9.90 Å². The number of aryl methyl sites for hydroxylation is 1. The monoisotopic (exact) mass is 418 g/mol. The maximum Gasteiger partial charge on any atom is 0.220 e. The summed E-state index contributed by atoms with van der Waals surface area (Å²) in [6.45, 7) is 13.1. The molecule has 0 atom stereocenters. The van der Waals surface area contributed by atoms with Gasteiger partial charge >= 0.3 is 0 Å². The van der Waals surface area contributed by atoms with E-state index in [0.717, 1.165) is 22.5 Å². The van der Waals surface area contributed by atoms with Crippen LogP contribution in [0, 0.1) is 4.77 Å². The van der Waals surface area contributed by atoms with Gasteiger partial charge < -0.3 is 15.0 Å². The van der Waals surface area contributed by atoms with Crippen molar-refractivity contribution < 1.29 is 9.90 Å².